The molecule has 1 aliphatic rings. The number of rotatable bonds is 6. The first-order valence-corrected chi connectivity index (χ1v) is 13.5. The highest BCUT2D eigenvalue weighted by Gasteiger charge is 2.29. The topological polar surface area (TPSA) is 119 Å². The lowest BCUT2D eigenvalue weighted by molar-refractivity contribution is -0.140. The summed E-state index contributed by atoms with van der Waals surface area (Å²) in [6.07, 6.45) is 4.96. The number of piperidine rings is 1. The molecule has 0 unspecified atom stereocenters. The highest BCUT2D eigenvalue weighted by Crippen LogP contribution is 2.37. The zero-order valence-corrected chi connectivity index (χ0v) is 23.3. The number of anilines is 1. The van der Waals surface area contributed by atoms with Gasteiger partial charge in [0.1, 0.15) is 17.7 Å². The van der Waals surface area contributed by atoms with Gasteiger partial charge in [0, 0.05) is 41.9 Å². The SMILES string of the molecule is CCc1cc(-c2ccc(-c3cnn4c(N)c(Br)c(C5CCN(C(=O)[C@@H](C)O)CC5)nc34)cn2)ccc1OC. The van der Waals surface area contributed by atoms with Gasteiger partial charge in [-0.15, -0.1) is 0 Å². The van der Waals surface area contributed by atoms with Crippen LogP contribution in [0.3, 0.4) is 0 Å². The number of nitrogen functional groups attached to an aromatic ring is 1. The summed E-state index contributed by atoms with van der Waals surface area (Å²) in [5.74, 6) is 1.25. The van der Waals surface area contributed by atoms with Crippen molar-refractivity contribution in [2.75, 3.05) is 25.9 Å². The third kappa shape index (κ3) is 4.74. The van der Waals surface area contributed by atoms with Crippen LogP contribution < -0.4 is 10.5 Å². The summed E-state index contributed by atoms with van der Waals surface area (Å²) in [5.41, 5.74) is 12.8. The summed E-state index contributed by atoms with van der Waals surface area (Å²) >= 11 is 3.64. The van der Waals surface area contributed by atoms with Crippen molar-refractivity contribution in [2.24, 2.45) is 0 Å². The van der Waals surface area contributed by atoms with Crippen LogP contribution in [0.2, 0.25) is 0 Å². The molecule has 1 amide bonds. The van der Waals surface area contributed by atoms with E-state index in [9.17, 15) is 9.90 Å². The van der Waals surface area contributed by atoms with Gasteiger partial charge in [-0.3, -0.25) is 9.78 Å². The predicted molar refractivity (Wildman–Crippen MR) is 150 cm³/mol. The molecule has 1 atom stereocenters. The van der Waals surface area contributed by atoms with Gasteiger partial charge in [0.2, 0.25) is 0 Å². The summed E-state index contributed by atoms with van der Waals surface area (Å²) in [5, 5.41) is 14.1. The molecule has 10 heteroatoms. The first-order chi connectivity index (χ1) is 18.3. The van der Waals surface area contributed by atoms with Gasteiger partial charge in [-0.2, -0.15) is 9.61 Å². The van der Waals surface area contributed by atoms with Gasteiger partial charge >= 0.3 is 0 Å². The molecule has 9 nitrogen and oxygen atoms in total. The molecular weight excluding hydrogens is 548 g/mol. The first kappa shape index (κ1) is 26.1. The van der Waals surface area contributed by atoms with Crippen molar-refractivity contribution >= 4 is 33.3 Å². The third-order valence-electron chi connectivity index (χ3n) is 7.23. The Kier molecular flexibility index (Phi) is 7.36. The van der Waals surface area contributed by atoms with Gasteiger partial charge in [-0.05, 0) is 71.9 Å². The molecule has 4 aromatic rings. The Morgan fingerprint density at radius 1 is 1.21 bits per heavy atom. The van der Waals surface area contributed by atoms with Gasteiger partial charge in [0.05, 0.1) is 29.2 Å². The number of aliphatic hydroxyl groups is 1. The van der Waals surface area contributed by atoms with E-state index in [0.29, 0.717) is 24.6 Å². The fourth-order valence-corrected chi connectivity index (χ4v) is 5.64. The lowest BCUT2D eigenvalue weighted by Crippen LogP contribution is -2.42. The summed E-state index contributed by atoms with van der Waals surface area (Å²) < 4.78 is 7.82. The van der Waals surface area contributed by atoms with Crippen molar-refractivity contribution in [3.63, 3.8) is 0 Å². The number of ether oxygens (including phenoxy) is 1. The van der Waals surface area contributed by atoms with Crippen LogP contribution >= 0.6 is 15.9 Å². The molecule has 5 rings (SSSR count). The monoisotopic (exact) mass is 578 g/mol. The molecule has 198 valence electrons. The summed E-state index contributed by atoms with van der Waals surface area (Å²) in [6, 6.07) is 10.1. The Balaban J connectivity index is 1.45. The molecule has 4 heterocycles. The standard InChI is InChI=1S/C28H31BrN6O3/c1-4-17-13-19(6-8-23(17)38-3)22-7-5-20(14-31-22)21-15-32-35-26(30)24(29)25(33-27(21)35)18-9-11-34(12-10-18)28(37)16(2)36/h5-8,13-16,18,36H,4,9-12,30H2,1-3H3/t16-/m1/s1. The maximum atomic E-state index is 12.2. The normalized spacial score (nSPS) is 15.1. The summed E-state index contributed by atoms with van der Waals surface area (Å²) in [7, 11) is 1.68. The largest absolute Gasteiger partial charge is 0.496 e. The Hall–Kier alpha value is -3.50. The molecule has 3 N–H and O–H groups in total. The summed E-state index contributed by atoms with van der Waals surface area (Å²) in [4.78, 5) is 23.6. The van der Waals surface area contributed by atoms with Crippen molar-refractivity contribution in [1.29, 1.82) is 0 Å². The Morgan fingerprint density at radius 2 is 1.95 bits per heavy atom. The van der Waals surface area contributed by atoms with E-state index in [4.69, 9.17) is 20.4 Å². The average Bonchev–Trinajstić information content (AvgIpc) is 3.38. The minimum atomic E-state index is -0.990. The zero-order valence-electron chi connectivity index (χ0n) is 21.7. The van der Waals surface area contributed by atoms with Crippen molar-refractivity contribution in [3.05, 3.63) is 58.5 Å². The number of halogens is 1. The number of benzene rings is 1. The molecule has 38 heavy (non-hydrogen) atoms. The number of nitrogens with two attached hydrogens (primary N) is 1. The van der Waals surface area contributed by atoms with Crippen LogP contribution in [0.5, 0.6) is 5.75 Å². The second-order valence-electron chi connectivity index (χ2n) is 9.58. The number of nitrogens with zero attached hydrogens (tertiary/aromatic N) is 5. The highest BCUT2D eigenvalue weighted by atomic mass is 79.9. The van der Waals surface area contributed by atoms with Gasteiger partial charge in [-0.25, -0.2) is 4.98 Å². The van der Waals surface area contributed by atoms with Crippen LogP contribution in [0.15, 0.2) is 47.2 Å². The number of methoxy groups -OCH3 is 1. The maximum absolute atomic E-state index is 12.2. The van der Waals surface area contributed by atoms with Gasteiger partial charge < -0.3 is 20.5 Å². The third-order valence-corrected chi connectivity index (χ3v) is 8.04. The number of pyridine rings is 1. The Bertz CT molecular complexity index is 1480. The van der Waals surface area contributed by atoms with E-state index in [1.807, 2.05) is 30.5 Å². The zero-order chi connectivity index (χ0) is 27.0. The van der Waals surface area contributed by atoms with Crippen LogP contribution in [0.4, 0.5) is 5.82 Å². The molecule has 0 spiro atoms. The number of hydrogen-bond donors (Lipinski definition) is 2. The number of aliphatic hydroxyl groups excluding tert-OH is 1. The van der Waals surface area contributed by atoms with E-state index in [0.717, 1.165) is 63.1 Å². The smallest absolute Gasteiger partial charge is 0.251 e. The minimum absolute atomic E-state index is 0.126. The molecule has 1 aromatic carbocycles. The minimum Gasteiger partial charge on any atom is -0.496 e. The number of carbonyl (C=O) groups excluding carboxylic acids is 1. The Morgan fingerprint density at radius 3 is 2.58 bits per heavy atom. The average molecular weight is 579 g/mol. The number of amides is 1. The van der Waals surface area contributed by atoms with Crippen LogP contribution in [0.1, 0.15) is 43.9 Å². The molecule has 0 radical (unpaired) electrons. The number of likely N-dealkylation sites (tertiary alicyclic amines) is 1. The molecule has 1 fully saturated rings. The van der Waals surface area contributed by atoms with Crippen LogP contribution in [0, 0.1) is 0 Å². The van der Waals surface area contributed by atoms with Crippen molar-refractivity contribution in [2.45, 2.75) is 45.1 Å². The lowest BCUT2D eigenvalue weighted by atomic mass is 9.93. The molecule has 0 saturated carbocycles. The Labute approximate surface area is 229 Å². The van der Waals surface area contributed by atoms with Crippen molar-refractivity contribution in [1.82, 2.24) is 24.5 Å². The van der Waals surface area contributed by atoms with E-state index >= 15 is 0 Å². The number of hydrogen-bond acceptors (Lipinski definition) is 7. The lowest BCUT2D eigenvalue weighted by Gasteiger charge is -2.33. The second-order valence-corrected chi connectivity index (χ2v) is 10.4. The molecule has 1 saturated heterocycles. The van der Waals surface area contributed by atoms with Crippen LogP contribution in [-0.2, 0) is 11.2 Å². The predicted octanol–water partition coefficient (Wildman–Crippen LogP) is 4.46. The number of fused-ring (bicyclic) bond motifs is 1. The van der Waals surface area contributed by atoms with Crippen LogP contribution in [-0.4, -0.2) is 61.8 Å². The van der Waals surface area contributed by atoms with E-state index < -0.39 is 6.10 Å². The molecule has 3 aromatic heterocycles. The van der Waals surface area contributed by atoms with Gasteiger partial charge in [-0.1, -0.05) is 13.0 Å². The quantitative estimate of drug-likeness (QED) is 0.346. The number of aryl methyl sites for hydroxylation is 1. The fourth-order valence-electron chi connectivity index (χ4n) is 5.06. The summed E-state index contributed by atoms with van der Waals surface area (Å²) in [6.45, 7) is 4.74. The second kappa shape index (κ2) is 10.7. The molecule has 0 aliphatic carbocycles. The highest BCUT2D eigenvalue weighted by molar-refractivity contribution is 9.10. The van der Waals surface area contributed by atoms with Gasteiger partial charge in [0.15, 0.2) is 5.65 Å². The fraction of sp³-hybridized carbons (Fsp3) is 0.357. The van der Waals surface area contributed by atoms with Crippen molar-refractivity contribution in [3.8, 4) is 28.1 Å². The van der Waals surface area contributed by atoms with Crippen LogP contribution in [0.25, 0.3) is 28.0 Å². The van der Waals surface area contributed by atoms with Crippen molar-refractivity contribution < 1.29 is 14.6 Å². The van der Waals surface area contributed by atoms with E-state index in [2.05, 4.69) is 34.0 Å². The maximum Gasteiger partial charge on any atom is 0.251 e. The van der Waals surface area contributed by atoms with Gasteiger partial charge in [0.25, 0.3) is 5.91 Å². The van der Waals surface area contributed by atoms with E-state index in [1.165, 1.54) is 6.92 Å². The molecule has 0 bridgehead atoms. The number of aromatic nitrogens is 4. The van der Waals surface area contributed by atoms with E-state index in [-0.39, 0.29) is 11.8 Å². The first-order valence-electron chi connectivity index (χ1n) is 12.8. The molecular formula is C28H31BrN6O3. The molecule has 1 aliphatic heterocycles. The van der Waals surface area contributed by atoms with E-state index in [1.54, 1.807) is 22.7 Å². The number of carbonyl (C=O) groups is 1.